The molecule has 2 aromatic rings. The number of carbonyl (C=O) groups excluding carboxylic acids is 4. The van der Waals surface area contributed by atoms with Crippen molar-refractivity contribution in [2.45, 2.75) is 13.8 Å². The highest BCUT2D eigenvalue weighted by molar-refractivity contribution is 6.00. The second kappa shape index (κ2) is 9.71. The van der Waals surface area contributed by atoms with Crippen LogP contribution in [0.2, 0.25) is 0 Å². The summed E-state index contributed by atoms with van der Waals surface area (Å²) in [6.45, 7) is 5.50. The maximum Gasteiger partial charge on any atom is 0.315 e. The first-order valence-electron chi connectivity index (χ1n) is 9.28. The Morgan fingerprint density at radius 2 is 1.13 bits per heavy atom. The second-order valence-electron chi connectivity index (χ2n) is 6.83. The summed E-state index contributed by atoms with van der Waals surface area (Å²) in [4.78, 5) is 49.4. The Kier molecular flexibility index (Phi) is 7.31. The lowest BCUT2D eigenvalue weighted by atomic mass is 9.63. The minimum Gasteiger partial charge on any atom is -0.549 e. The largest absolute Gasteiger partial charge is 0.549 e. The van der Waals surface area contributed by atoms with Gasteiger partial charge in [-0.2, -0.15) is 0 Å². The molecule has 2 aromatic carbocycles. The predicted octanol–water partition coefficient (Wildman–Crippen LogP) is 0.512. The van der Waals surface area contributed by atoms with Gasteiger partial charge in [-0.3, -0.25) is 9.59 Å². The molecule has 0 radical (unpaired) electrons. The molecule has 0 saturated heterocycles. The van der Waals surface area contributed by atoms with Gasteiger partial charge < -0.3 is 29.3 Å². The van der Waals surface area contributed by atoms with E-state index in [1.54, 1.807) is 36.4 Å². The SMILES string of the molecule is C=C(C(=O)[O-])C(C(=O)[O-])(C(C)C(=O)Oc1ccccc1)C(C)C(=O)Oc1ccccc1. The number of hydrogen-bond acceptors (Lipinski definition) is 8. The molecule has 0 aliphatic rings. The topological polar surface area (TPSA) is 133 Å². The fraction of sp³-hybridized carbons (Fsp3) is 0.217. The molecule has 0 bridgehead atoms. The first-order valence-corrected chi connectivity index (χ1v) is 9.28. The highest BCUT2D eigenvalue weighted by Crippen LogP contribution is 2.43. The Hall–Kier alpha value is -3.94. The van der Waals surface area contributed by atoms with E-state index >= 15 is 0 Å². The molecule has 0 saturated carbocycles. The Labute approximate surface area is 178 Å². The zero-order valence-corrected chi connectivity index (χ0v) is 16.9. The zero-order chi connectivity index (χ0) is 23.2. The van der Waals surface area contributed by atoms with E-state index in [1.807, 2.05) is 0 Å². The van der Waals surface area contributed by atoms with Crippen LogP contribution in [0.1, 0.15) is 13.8 Å². The number of ether oxygens (including phenoxy) is 2. The molecule has 8 nitrogen and oxygen atoms in total. The molecular formula is C23H20O8-2. The predicted molar refractivity (Wildman–Crippen MR) is 104 cm³/mol. The number of para-hydroxylation sites is 2. The van der Waals surface area contributed by atoms with E-state index in [0.717, 1.165) is 13.8 Å². The quantitative estimate of drug-likeness (QED) is 0.323. The highest BCUT2D eigenvalue weighted by atomic mass is 16.5. The van der Waals surface area contributed by atoms with Crippen LogP contribution in [0.15, 0.2) is 72.8 Å². The summed E-state index contributed by atoms with van der Waals surface area (Å²) >= 11 is 0. The van der Waals surface area contributed by atoms with Crippen LogP contribution < -0.4 is 19.7 Å². The van der Waals surface area contributed by atoms with Crippen LogP contribution in [0.5, 0.6) is 11.5 Å². The van der Waals surface area contributed by atoms with Gasteiger partial charge in [-0.05, 0) is 29.8 Å². The lowest BCUT2D eigenvalue weighted by Gasteiger charge is -2.44. The van der Waals surface area contributed by atoms with E-state index in [-0.39, 0.29) is 11.5 Å². The third-order valence-electron chi connectivity index (χ3n) is 5.08. The summed E-state index contributed by atoms with van der Waals surface area (Å²) in [5.74, 6) is -9.34. The van der Waals surface area contributed by atoms with Crippen LogP contribution in [0, 0.1) is 17.3 Å². The van der Waals surface area contributed by atoms with E-state index in [2.05, 4.69) is 6.58 Å². The van der Waals surface area contributed by atoms with Gasteiger partial charge in [-0.1, -0.05) is 56.8 Å². The van der Waals surface area contributed by atoms with Gasteiger partial charge in [-0.15, -0.1) is 0 Å². The molecule has 0 aromatic heterocycles. The Bertz CT molecular complexity index is 922. The Morgan fingerprint density at radius 1 is 0.774 bits per heavy atom. The van der Waals surface area contributed by atoms with Gasteiger partial charge in [-0.25, -0.2) is 0 Å². The fourth-order valence-electron chi connectivity index (χ4n) is 3.30. The van der Waals surface area contributed by atoms with Crippen molar-refractivity contribution in [1.82, 2.24) is 0 Å². The van der Waals surface area contributed by atoms with E-state index in [0.29, 0.717) is 0 Å². The van der Waals surface area contributed by atoms with E-state index in [9.17, 15) is 29.4 Å². The van der Waals surface area contributed by atoms with E-state index in [4.69, 9.17) is 9.47 Å². The fourth-order valence-corrected chi connectivity index (χ4v) is 3.30. The van der Waals surface area contributed by atoms with Crippen molar-refractivity contribution in [3.8, 4) is 11.5 Å². The monoisotopic (exact) mass is 424 g/mol. The number of esters is 2. The van der Waals surface area contributed by atoms with E-state index < -0.39 is 46.7 Å². The molecule has 0 fully saturated rings. The third kappa shape index (κ3) is 4.80. The maximum absolute atomic E-state index is 12.8. The Morgan fingerprint density at radius 3 is 1.42 bits per heavy atom. The van der Waals surface area contributed by atoms with Crippen LogP contribution in [0.3, 0.4) is 0 Å². The van der Waals surface area contributed by atoms with Crippen molar-refractivity contribution in [3.05, 3.63) is 72.8 Å². The van der Waals surface area contributed by atoms with Crippen LogP contribution in [-0.4, -0.2) is 23.9 Å². The minimum atomic E-state index is -2.70. The van der Waals surface area contributed by atoms with Gasteiger partial charge in [0.25, 0.3) is 0 Å². The van der Waals surface area contributed by atoms with Crippen molar-refractivity contribution < 1.29 is 38.9 Å². The molecule has 31 heavy (non-hydrogen) atoms. The highest BCUT2D eigenvalue weighted by Gasteiger charge is 2.53. The summed E-state index contributed by atoms with van der Waals surface area (Å²) in [6.07, 6.45) is 0. The van der Waals surface area contributed by atoms with Crippen molar-refractivity contribution in [2.24, 2.45) is 17.3 Å². The normalized spacial score (nSPS) is 14.4. The summed E-state index contributed by atoms with van der Waals surface area (Å²) in [6, 6.07) is 15.5. The molecule has 8 heteroatoms. The lowest BCUT2D eigenvalue weighted by Crippen LogP contribution is -2.59. The number of hydrogen-bond donors (Lipinski definition) is 0. The minimum absolute atomic E-state index is 0.102. The van der Waals surface area contributed by atoms with Crippen molar-refractivity contribution in [2.75, 3.05) is 0 Å². The second-order valence-corrected chi connectivity index (χ2v) is 6.83. The standard InChI is InChI=1S/C23H22O8/c1-14(19(24)25)23(22(28)29,15(2)20(26)30-17-10-6-4-7-11-17)16(3)21(27)31-18-12-8-5-9-13-18/h4-13,15-16H,1H2,2-3H3,(H,24,25)(H,28,29)/p-2. The molecule has 0 heterocycles. The van der Waals surface area contributed by atoms with Crippen LogP contribution in [0.25, 0.3) is 0 Å². The first kappa shape index (κ1) is 23.3. The van der Waals surface area contributed by atoms with Gasteiger partial charge in [0.2, 0.25) is 0 Å². The summed E-state index contributed by atoms with van der Waals surface area (Å²) in [5.41, 5.74) is -3.71. The number of aliphatic carboxylic acids is 2. The molecule has 0 aliphatic heterocycles. The van der Waals surface area contributed by atoms with Crippen LogP contribution >= 0.6 is 0 Å². The summed E-state index contributed by atoms with van der Waals surface area (Å²) in [7, 11) is 0. The average Bonchev–Trinajstić information content (AvgIpc) is 2.74. The van der Waals surface area contributed by atoms with Crippen LogP contribution in [0.4, 0.5) is 0 Å². The van der Waals surface area contributed by atoms with Gasteiger partial charge in [0.15, 0.2) is 0 Å². The Balaban J connectivity index is 2.47. The van der Waals surface area contributed by atoms with Gasteiger partial charge in [0.05, 0.1) is 29.2 Å². The van der Waals surface area contributed by atoms with Crippen LogP contribution in [-0.2, 0) is 19.2 Å². The number of carboxylic acids is 2. The van der Waals surface area contributed by atoms with Gasteiger partial charge in [0, 0.05) is 0 Å². The van der Waals surface area contributed by atoms with Gasteiger partial charge in [0.1, 0.15) is 11.5 Å². The number of benzene rings is 2. The van der Waals surface area contributed by atoms with Gasteiger partial charge >= 0.3 is 11.9 Å². The molecule has 162 valence electrons. The van der Waals surface area contributed by atoms with E-state index in [1.165, 1.54) is 24.3 Å². The summed E-state index contributed by atoms with van der Waals surface area (Å²) < 4.78 is 10.3. The molecule has 0 N–H and O–H groups in total. The number of rotatable bonds is 9. The van der Waals surface area contributed by atoms with Crippen molar-refractivity contribution >= 4 is 23.9 Å². The molecule has 0 aliphatic carbocycles. The molecule has 2 unspecified atom stereocenters. The zero-order valence-electron chi connectivity index (χ0n) is 16.9. The third-order valence-corrected chi connectivity index (χ3v) is 5.08. The first-order chi connectivity index (χ1) is 14.6. The smallest absolute Gasteiger partial charge is 0.315 e. The molecule has 2 atom stereocenters. The van der Waals surface area contributed by atoms with Crippen molar-refractivity contribution in [3.63, 3.8) is 0 Å². The number of carbonyl (C=O) groups is 4. The molecule has 2 rings (SSSR count). The number of carboxylic acid groups (broad SMARTS) is 2. The maximum atomic E-state index is 12.8. The molecule has 0 spiro atoms. The van der Waals surface area contributed by atoms with Crippen molar-refractivity contribution in [1.29, 1.82) is 0 Å². The lowest BCUT2D eigenvalue weighted by molar-refractivity contribution is -0.326. The average molecular weight is 424 g/mol. The molecule has 0 amide bonds. The molecular weight excluding hydrogens is 404 g/mol. The summed E-state index contributed by atoms with van der Waals surface area (Å²) in [5, 5.41) is 23.9.